The van der Waals surface area contributed by atoms with Gasteiger partial charge in [-0.15, -0.1) is 0 Å². The van der Waals surface area contributed by atoms with E-state index in [-0.39, 0.29) is 18.3 Å². The number of nitrogens with two attached hydrogens (primary N) is 1. The van der Waals surface area contributed by atoms with Gasteiger partial charge < -0.3 is 25.4 Å². The fraction of sp³-hybridized carbons (Fsp3) is 0.591. The Balaban J connectivity index is 0.000000710. The van der Waals surface area contributed by atoms with Gasteiger partial charge in [0.15, 0.2) is 0 Å². The molecule has 0 aliphatic rings. The van der Waals surface area contributed by atoms with E-state index in [9.17, 15) is 19.5 Å². The summed E-state index contributed by atoms with van der Waals surface area (Å²) in [6.07, 6.45) is 0.778. The zero-order chi connectivity index (χ0) is 23.3. The van der Waals surface area contributed by atoms with Crippen LogP contribution >= 0.6 is 0 Å². The van der Waals surface area contributed by atoms with E-state index in [2.05, 4.69) is 26.5 Å². The van der Waals surface area contributed by atoms with Gasteiger partial charge in [0.25, 0.3) is 0 Å². The number of aliphatic carboxylic acids is 1. The van der Waals surface area contributed by atoms with Crippen molar-refractivity contribution < 1.29 is 28.7 Å². The molecule has 0 aliphatic heterocycles. The van der Waals surface area contributed by atoms with Gasteiger partial charge in [-0.1, -0.05) is 44.2 Å². The number of rotatable bonds is 10. The molecule has 0 fully saturated rings. The lowest BCUT2D eigenvalue weighted by Gasteiger charge is -2.23. The Hall–Kier alpha value is -2.45. The van der Waals surface area contributed by atoms with Crippen LogP contribution in [0.3, 0.4) is 0 Å². The molecular formula is C22H38N3O5+. The molecule has 0 bridgehead atoms. The normalized spacial score (nSPS) is 12.9. The lowest BCUT2D eigenvalue weighted by atomic mass is 10.0. The molecule has 0 aliphatic carbocycles. The molecule has 1 aromatic carbocycles. The number of carboxylic acids is 1. The molecular weight excluding hydrogens is 386 g/mol. The molecule has 4 N–H and O–H groups in total. The predicted molar refractivity (Wildman–Crippen MR) is 117 cm³/mol. The highest BCUT2D eigenvalue weighted by Gasteiger charge is 2.23. The zero-order valence-electron chi connectivity index (χ0n) is 19.1. The Morgan fingerprint density at radius 2 is 1.70 bits per heavy atom. The topological polar surface area (TPSA) is 119 Å². The van der Waals surface area contributed by atoms with Crippen LogP contribution in [0.1, 0.15) is 32.8 Å². The van der Waals surface area contributed by atoms with Crippen LogP contribution in [0.5, 0.6) is 0 Å². The molecule has 1 rings (SSSR count). The van der Waals surface area contributed by atoms with Gasteiger partial charge in [-0.2, -0.15) is 0 Å². The molecule has 8 heteroatoms. The zero-order valence-corrected chi connectivity index (χ0v) is 19.1. The van der Waals surface area contributed by atoms with Crippen molar-refractivity contribution in [1.82, 2.24) is 5.32 Å². The number of quaternary nitrogens is 1. The number of carboxylic acid groups (broad SMARTS) is 1. The maximum Gasteiger partial charge on any atom is 0.326 e. The largest absolute Gasteiger partial charge is 0.480 e. The highest BCUT2D eigenvalue weighted by Crippen LogP contribution is 2.06. The number of esters is 1. The van der Waals surface area contributed by atoms with E-state index in [0.29, 0.717) is 13.0 Å². The lowest BCUT2D eigenvalue weighted by molar-refractivity contribution is -0.870. The van der Waals surface area contributed by atoms with E-state index in [0.717, 1.165) is 16.6 Å². The molecule has 1 aromatic rings. The van der Waals surface area contributed by atoms with E-state index in [1.54, 1.807) is 0 Å². The first-order valence-electron chi connectivity index (χ1n) is 10.1. The van der Waals surface area contributed by atoms with Gasteiger partial charge in [0.1, 0.15) is 19.2 Å². The highest BCUT2D eigenvalue weighted by molar-refractivity contribution is 5.86. The van der Waals surface area contributed by atoms with E-state index in [1.807, 2.05) is 44.2 Å². The summed E-state index contributed by atoms with van der Waals surface area (Å²) in [5.41, 5.74) is 6.61. The average Bonchev–Trinajstić information content (AvgIpc) is 2.60. The van der Waals surface area contributed by atoms with E-state index in [1.165, 1.54) is 6.92 Å². The number of hydrogen-bond acceptors (Lipinski definition) is 5. The van der Waals surface area contributed by atoms with Gasteiger partial charge in [0.05, 0.1) is 27.2 Å². The molecule has 0 heterocycles. The van der Waals surface area contributed by atoms with Gasteiger partial charge in [-0.05, 0) is 17.9 Å². The number of amides is 1. The van der Waals surface area contributed by atoms with Crippen molar-refractivity contribution >= 4 is 17.8 Å². The van der Waals surface area contributed by atoms with Crippen LogP contribution < -0.4 is 11.1 Å². The lowest BCUT2D eigenvalue weighted by Crippen LogP contribution is -2.49. The van der Waals surface area contributed by atoms with E-state index >= 15 is 0 Å². The molecule has 0 spiro atoms. The summed E-state index contributed by atoms with van der Waals surface area (Å²) in [4.78, 5) is 33.4. The van der Waals surface area contributed by atoms with Crippen LogP contribution in [0.25, 0.3) is 0 Å². The number of carbonyl (C=O) groups is 3. The monoisotopic (exact) mass is 424 g/mol. The molecule has 170 valence electrons. The van der Waals surface area contributed by atoms with Crippen molar-refractivity contribution in [1.29, 1.82) is 0 Å². The summed E-state index contributed by atoms with van der Waals surface area (Å²) >= 11 is 0. The fourth-order valence-corrected chi connectivity index (χ4v) is 2.41. The van der Waals surface area contributed by atoms with Crippen molar-refractivity contribution in [2.75, 3.05) is 34.3 Å². The Labute approximate surface area is 180 Å². The van der Waals surface area contributed by atoms with Gasteiger partial charge >= 0.3 is 11.9 Å². The first-order valence-corrected chi connectivity index (χ1v) is 10.1. The molecule has 1 amide bonds. The molecule has 2 atom stereocenters. The second-order valence-electron chi connectivity index (χ2n) is 8.68. The Morgan fingerprint density at radius 3 is 2.13 bits per heavy atom. The van der Waals surface area contributed by atoms with Crippen LogP contribution in [-0.4, -0.2) is 73.8 Å². The summed E-state index contributed by atoms with van der Waals surface area (Å²) in [6, 6.07) is 7.56. The average molecular weight is 425 g/mol. The van der Waals surface area contributed by atoms with Crippen molar-refractivity contribution in [2.24, 2.45) is 11.7 Å². The third kappa shape index (κ3) is 14.5. The smallest absolute Gasteiger partial charge is 0.326 e. The summed E-state index contributed by atoms with van der Waals surface area (Å²) in [7, 11) is 6.18. The maximum absolute atomic E-state index is 11.9. The molecule has 30 heavy (non-hydrogen) atoms. The number of carbonyl (C=O) groups excluding carboxylic acids is 2. The summed E-state index contributed by atoms with van der Waals surface area (Å²) in [5.74, 6) is -1.39. The molecule has 0 saturated heterocycles. The van der Waals surface area contributed by atoms with Gasteiger partial charge in [-0.3, -0.25) is 9.59 Å². The number of benzene rings is 1. The van der Waals surface area contributed by atoms with E-state index < -0.39 is 24.0 Å². The summed E-state index contributed by atoms with van der Waals surface area (Å²) in [6.45, 7) is 6.73. The number of ether oxygens (including phenoxy) is 1. The summed E-state index contributed by atoms with van der Waals surface area (Å²) in [5, 5.41) is 11.7. The molecule has 2 unspecified atom stereocenters. The third-order valence-electron chi connectivity index (χ3n) is 4.03. The van der Waals surface area contributed by atoms with Crippen molar-refractivity contribution in [3.05, 3.63) is 35.9 Å². The van der Waals surface area contributed by atoms with Crippen LogP contribution in [0, 0.1) is 5.92 Å². The number of nitrogens with zero attached hydrogens (tertiary/aromatic N) is 1. The van der Waals surface area contributed by atoms with Gasteiger partial charge in [0.2, 0.25) is 5.91 Å². The molecule has 0 radical (unpaired) electrons. The quantitative estimate of drug-likeness (QED) is 0.386. The summed E-state index contributed by atoms with van der Waals surface area (Å²) < 4.78 is 5.59. The second-order valence-corrected chi connectivity index (χ2v) is 8.68. The third-order valence-corrected chi connectivity index (χ3v) is 4.03. The Bertz CT molecular complexity index is 656. The van der Waals surface area contributed by atoms with E-state index in [4.69, 9.17) is 10.5 Å². The molecule has 0 saturated carbocycles. The van der Waals surface area contributed by atoms with Crippen LogP contribution in [0.15, 0.2) is 30.3 Å². The Morgan fingerprint density at radius 1 is 1.13 bits per heavy atom. The van der Waals surface area contributed by atoms with Crippen molar-refractivity contribution in [2.45, 2.75) is 45.7 Å². The van der Waals surface area contributed by atoms with Crippen LogP contribution in [-0.2, 0) is 25.5 Å². The second kappa shape index (κ2) is 13.7. The van der Waals surface area contributed by atoms with Gasteiger partial charge in [0, 0.05) is 13.3 Å². The predicted octanol–water partition coefficient (Wildman–Crippen LogP) is 1.43. The fourth-order valence-electron chi connectivity index (χ4n) is 2.41. The minimum atomic E-state index is -1.06. The number of nitrogens with one attached hydrogen (secondary N) is 1. The standard InChI is InChI=1S/C15H22N2O3.C7H16NO2/c1-10(2)8-12(16)14(18)17-13(15(19)20)9-11-6-4-3-5-7-11;1-7(9)10-6-5-8(2,3)4/h3-7,10,12-13H,8-9,16H2,1-2H3,(H,17,18)(H,19,20);5-6H2,1-4H3/q;+1. The first kappa shape index (κ1) is 27.5. The van der Waals surface area contributed by atoms with Crippen LogP contribution in [0.4, 0.5) is 0 Å². The van der Waals surface area contributed by atoms with Crippen molar-refractivity contribution in [3.8, 4) is 0 Å². The molecule has 8 nitrogen and oxygen atoms in total. The highest BCUT2D eigenvalue weighted by atomic mass is 16.5. The van der Waals surface area contributed by atoms with Crippen molar-refractivity contribution in [3.63, 3.8) is 0 Å². The van der Waals surface area contributed by atoms with Crippen LogP contribution in [0.2, 0.25) is 0 Å². The maximum atomic E-state index is 11.9. The SMILES string of the molecule is CC(=O)OCC[N+](C)(C)C.CC(C)CC(N)C(=O)NC(Cc1ccccc1)C(=O)O. The Kier molecular flexibility index (Phi) is 12.6. The first-order chi connectivity index (χ1) is 13.8. The minimum absolute atomic E-state index is 0.201. The number of hydrogen-bond donors (Lipinski definition) is 3. The van der Waals surface area contributed by atoms with Gasteiger partial charge in [-0.25, -0.2) is 4.79 Å². The minimum Gasteiger partial charge on any atom is -0.480 e. The number of likely N-dealkylation sites (N-methyl/N-ethyl adjacent to an activating group) is 1. The molecule has 0 aromatic heterocycles.